The van der Waals surface area contributed by atoms with Crippen LogP contribution in [-0.2, 0) is 38.3 Å². The average molecular weight is 485 g/mol. The Hall–Kier alpha value is -2.68. The third-order valence-electron chi connectivity index (χ3n) is 6.31. The first-order valence-electron chi connectivity index (χ1n) is 11.6. The van der Waals surface area contributed by atoms with E-state index in [1.54, 1.807) is 12.3 Å². The molecule has 1 fully saturated rings. The largest absolute Gasteiger partial charge is 0.464 e. The lowest BCUT2D eigenvalue weighted by molar-refractivity contribution is -0.120. The maximum Gasteiger partial charge on any atom is 0.224 e. The molecule has 2 heterocycles. The van der Waals surface area contributed by atoms with Crippen LogP contribution in [0.5, 0.6) is 0 Å². The maximum absolute atomic E-state index is 12.9. The molecular formula is C26H32N2O5S. The molecule has 1 N–H and O–H groups in total. The molecule has 0 spiro atoms. The van der Waals surface area contributed by atoms with Gasteiger partial charge in [0.2, 0.25) is 15.9 Å². The van der Waals surface area contributed by atoms with Gasteiger partial charge in [-0.2, -0.15) is 4.31 Å². The SMILES string of the molecule is Cc1cc2occ(CC(=O)NCc3ccccc3CS(=O)(=O)N3CCOCC3)c2cc1C(C)C. The summed E-state index contributed by atoms with van der Waals surface area (Å²) in [4.78, 5) is 12.8. The first-order chi connectivity index (χ1) is 16.2. The Morgan fingerprint density at radius 3 is 2.50 bits per heavy atom. The lowest BCUT2D eigenvalue weighted by Crippen LogP contribution is -2.41. The highest BCUT2D eigenvalue weighted by Gasteiger charge is 2.25. The van der Waals surface area contributed by atoms with Crippen molar-refractivity contribution >= 4 is 26.9 Å². The van der Waals surface area contributed by atoms with Crippen LogP contribution in [0.25, 0.3) is 11.0 Å². The number of furan rings is 1. The van der Waals surface area contributed by atoms with Gasteiger partial charge in [0, 0.05) is 30.6 Å². The molecular weight excluding hydrogens is 452 g/mol. The number of hydrogen-bond donors (Lipinski definition) is 1. The predicted molar refractivity (Wildman–Crippen MR) is 132 cm³/mol. The van der Waals surface area contributed by atoms with Gasteiger partial charge in [-0.3, -0.25) is 4.79 Å². The normalized spacial score (nSPS) is 15.2. The van der Waals surface area contributed by atoms with Crippen LogP contribution in [0.4, 0.5) is 0 Å². The van der Waals surface area contributed by atoms with Gasteiger partial charge in [-0.15, -0.1) is 0 Å². The summed E-state index contributed by atoms with van der Waals surface area (Å²) in [5, 5.41) is 3.91. The number of nitrogens with zero attached hydrogens (tertiary/aromatic N) is 1. The summed E-state index contributed by atoms with van der Waals surface area (Å²) in [6, 6.07) is 11.5. The van der Waals surface area contributed by atoms with Crippen molar-refractivity contribution < 1.29 is 22.4 Å². The van der Waals surface area contributed by atoms with Gasteiger partial charge in [0.1, 0.15) is 5.58 Å². The molecule has 3 aromatic rings. The topological polar surface area (TPSA) is 88.8 Å². The number of carbonyl (C=O) groups is 1. The van der Waals surface area contributed by atoms with Crippen molar-refractivity contribution in [3.8, 4) is 0 Å². The van der Waals surface area contributed by atoms with E-state index in [0.717, 1.165) is 22.1 Å². The van der Waals surface area contributed by atoms with Crippen LogP contribution >= 0.6 is 0 Å². The second-order valence-electron chi connectivity index (χ2n) is 9.11. The fraction of sp³-hybridized carbons (Fsp3) is 0.423. The fourth-order valence-corrected chi connectivity index (χ4v) is 5.98. The highest BCUT2D eigenvalue weighted by Crippen LogP contribution is 2.29. The number of benzene rings is 2. The molecule has 4 rings (SSSR count). The molecule has 1 aromatic heterocycles. The Balaban J connectivity index is 1.43. The van der Waals surface area contributed by atoms with Gasteiger partial charge in [0.15, 0.2) is 0 Å². The summed E-state index contributed by atoms with van der Waals surface area (Å²) < 4.78 is 38.1. The number of carbonyl (C=O) groups excluding carboxylic acids is 1. The molecule has 0 aliphatic carbocycles. The lowest BCUT2D eigenvalue weighted by atomic mass is 9.95. The van der Waals surface area contributed by atoms with Crippen molar-refractivity contribution in [3.05, 3.63) is 70.5 Å². The van der Waals surface area contributed by atoms with E-state index >= 15 is 0 Å². The van der Waals surface area contributed by atoms with Crippen LogP contribution in [0, 0.1) is 6.92 Å². The second kappa shape index (κ2) is 10.3. The van der Waals surface area contributed by atoms with Gasteiger partial charge >= 0.3 is 0 Å². The van der Waals surface area contributed by atoms with E-state index < -0.39 is 10.0 Å². The number of aryl methyl sites for hydroxylation is 1. The zero-order chi connectivity index (χ0) is 24.3. The molecule has 8 heteroatoms. The quantitative estimate of drug-likeness (QED) is 0.524. The van der Waals surface area contributed by atoms with Crippen LogP contribution < -0.4 is 5.32 Å². The summed E-state index contributed by atoms with van der Waals surface area (Å²) in [6.07, 6.45) is 1.85. The van der Waals surface area contributed by atoms with Crippen LogP contribution in [0.1, 0.15) is 47.6 Å². The summed E-state index contributed by atoms with van der Waals surface area (Å²) in [5.41, 5.74) is 5.53. The van der Waals surface area contributed by atoms with Crippen LogP contribution in [0.3, 0.4) is 0 Å². The zero-order valence-electron chi connectivity index (χ0n) is 20.0. The minimum atomic E-state index is -3.45. The number of morpholine rings is 1. The van der Waals surface area contributed by atoms with Crippen molar-refractivity contribution in [2.75, 3.05) is 26.3 Å². The van der Waals surface area contributed by atoms with E-state index in [-0.39, 0.29) is 24.6 Å². The molecule has 2 aromatic carbocycles. The van der Waals surface area contributed by atoms with Crippen molar-refractivity contribution in [2.45, 2.75) is 45.4 Å². The Kier molecular flexibility index (Phi) is 7.40. The first kappa shape index (κ1) is 24.4. The van der Waals surface area contributed by atoms with E-state index in [1.165, 1.54) is 15.4 Å². The van der Waals surface area contributed by atoms with E-state index in [2.05, 4.69) is 32.2 Å². The van der Waals surface area contributed by atoms with Crippen molar-refractivity contribution in [3.63, 3.8) is 0 Å². The van der Waals surface area contributed by atoms with E-state index in [0.29, 0.717) is 37.8 Å². The highest BCUT2D eigenvalue weighted by molar-refractivity contribution is 7.88. The standard InChI is InChI=1S/C26H32N2O5S/c1-18(2)23-14-24-22(16-33-25(24)12-19(23)3)13-26(29)27-15-20-6-4-5-7-21(20)17-34(30,31)28-8-10-32-11-9-28/h4-7,12,14,16,18H,8-11,13,15,17H2,1-3H3,(H,27,29). The molecule has 1 aliphatic heterocycles. The lowest BCUT2D eigenvalue weighted by Gasteiger charge is -2.26. The third-order valence-corrected chi connectivity index (χ3v) is 8.14. The Morgan fingerprint density at radius 2 is 1.79 bits per heavy atom. The molecule has 1 aliphatic rings. The smallest absolute Gasteiger partial charge is 0.224 e. The molecule has 0 saturated carbocycles. The maximum atomic E-state index is 12.9. The number of fused-ring (bicyclic) bond motifs is 1. The summed E-state index contributed by atoms with van der Waals surface area (Å²) in [7, 11) is -3.45. The number of sulfonamides is 1. The summed E-state index contributed by atoms with van der Waals surface area (Å²) >= 11 is 0. The Labute approximate surface area is 201 Å². The molecule has 7 nitrogen and oxygen atoms in total. The van der Waals surface area contributed by atoms with Crippen molar-refractivity contribution in [1.29, 1.82) is 0 Å². The van der Waals surface area contributed by atoms with Crippen LogP contribution in [0.15, 0.2) is 47.1 Å². The number of hydrogen-bond acceptors (Lipinski definition) is 5. The van der Waals surface area contributed by atoms with Gasteiger partial charge in [0.05, 0.1) is 31.7 Å². The first-order valence-corrected chi connectivity index (χ1v) is 13.2. The molecule has 0 unspecified atom stereocenters. The highest BCUT2D eigenvalue weighted by atomic mass is 32.2. The molecule has 1 amide bonds. The van der Waals surface area contributed by atoms with Gasteiger partial charge in [-0.25, -0.2) is 8.42 Å². The Morgan fingerprint density at radius 1 is 1.09 bits per heavy atom. The fourth-order valence-electron chi connectivity index (χ4n) is 4.42. The second-order valence-corrected chi connectivity index (χ2v) is 11.1. The Bertz CT molecular complexity index is 1270. The van der Waals surface area contributed by atoms with Crippen molar-refractivity contribution in [2.24, 2.45) is 0 Å². The molecule has 1 saturated heterocycles. The third kappa shape index (κ3) is 5.51. The summed E-state index contributed by atoms with van der Waals surface area (Å²) in [5.74, 6) is 0.148. The van der Waals surface area contributed by atoms with E-state index in [1.807, 2.05) is 24.3 Å². The molecule has 0 atom stereocenters. The predicted octanol–water partition coefficient (Wildman–Crippen LogP) is 3.89. The van der Waals surface area contributed by atoms with Crippen molar-refractivity contribution in [1.82, 2.24) is 9.62 Å². The van der Waals surface area contributed by atoms with Gasteiger partial charge in [-0.05, 0) is 47.2 Å². The minimum absolute atomic E-state index is 0.0945. The monoisotopic (exact) mass is 484 g/mol. The number of rotatable bonds is 8. The van der Waals surface area contributed by atoms with Gasteiger partial charge in [0.25, 0.3) is 0 Å². The van der Waals surface area contributed by atoms with E-state index in [4.69, 9.17) is 9.15 Å². The average Bonchev–Trinajstić information content (AvgIpc) is 3.19. The molecule has 0 radical (unpaired) electrons. The zero-order valence-corrected chi connectivity index (χ0v) is 20.8. The number of nitrogens with one attached hydrogen (secondary N) is 1. The number of ether oxygens (including phenoxy) is 1. The summed E-state index contributed by atoms with van der Waals surface area (Å²) in [6.45, 7) is 8.21. The molecule has 34 heavy (non-hydrogen) atoms. The van der Waals surface area contributed by atoms with E-state index in [9.17, 15) is 13.2 Å². The van der Waals surface area contributed by atoms with Gasteiger partial charge in [-0.1, -0.05) is 38.1 Å². The van der Waals surface area contributed by atoms with Crippen LogP contribution in [0.2, 0.25) is 0 Å². The van der Waals surface area contributed by atoms with Gasteiger partial charge < -0.3 is 14.5 Å². The molecule has 182 valence electrons. The minimum Gasteiger partial charge on any atom is -0.464 e. The van der Waals surface area contributed by atoms with Crippen LogP contribution in [-0.4, -0.2) is 44.9 Å². The number of amides is 1. The molecule has 0 bridgehead atoms.